The van der Waals surface area contributed by atoms with Gasteiger partial charge in [0.1, 0.15) is 0 Å². The highest BCUT2D eigenvalue weighted by Gasteiger charge is 2.24. The molecule has 1 aliphatic carbocycles. The first-order chi connectivity index (χ1) is 11.7. The zero-order valence-electron chi connectivity index (χ0n) is 15.5. The van der Waals surface area contributed by atoms with Gasteiger partial charge in [-0.3, -0.25) is 4.99 Å². The molecule has 0 amide bonds. The summed E-state index contributed by atoms with van der Waals surface area (Å²) in [5.41, 5.74) is 1.22. The summed E-state index contributed by atoms with van der Waals surface area (Å²) in [5, 5.41) is 7.78. The zero-order chi connectivity index (χ0) is 17.2. The molecule has 3 unspecified atom stereocenters. The highest BCUT2D eigenvalue weighted by molar-refractivity contribution is 14.0. The van der Waals surface area contributed by atoms with Crippen LogP contribution in [0.3, 0.4) is 0 Å². The van der Waals surface area contributed by atoms with E-state index in [0.29, 0.717) is 18.6 Å². The Hall–Kier alpha value is -0.470. The number of guanidine groups is 1. The van der Waals surface area contributed by atoms with Crippen molar-refractivity contribution < 1.29 is 4.74 Å². The van der Waals surface area contributed by atoms with Crippen LogP contribution in [-0.4, -0.2) is 43.7 Å². The van der Waals surface area contributed by atoms with E-state index in [1.807, 2.05) is 37.0 Å². The van der Waals surface area contributed by atoms with Crippen molar-refractivity contribution >= 4 is 41.7 Å². The molecule has 1 aromatic rings. The van der Waals surface area contributed by atoms with E-state index in [1.165, 1.54) is 24.8 Å². The minimum absolute atomic E-state index is 0. The maximum absolute atomic E-state index is 5.81. The molecule has 1 fully saturated rings. The van der Waals surface area contributed by atoms with Crippen LogP contribution in [0.2, 0.25) is 0 Å². The average Bonchev–Trinajstić information content (AvgIpc) is 3.07. The maximum Gasteiger partial charge on any atom is 0.191 e. The van der Waals surface area contributed by atoms with Crippen LogP contribution in [0.25, 0.3) is 0 Å². The van der Waals surface area contributed by atoms with Crippen molar-refractivity contribution in [3.8, 4) is 0 Å². The minimum Gasteiger partial charge on any atom is -0.376 e. The van der Waals surface area contributed by atoms with Crippen molar-refractivity contribution in [2.45, 2.75) is 44.1 Å². The Bertz CT molecular complexity index is 501. The van der Waals surface area contributed by atoms with Gasteiger partial charge in [0.15, 0.2) is 5.96 Å². The van der Waals surface area contributed by atoms with Gasteiger partial charge in [-0.2, -0.15) is 11.8 Å². The van der Waals surface area contributed by atoms with Gasteiger partial charge in [-0.25, -0.2) is 0 Å². The van der Waals surface area contributed by atoms with Crippen LogP contribution in [0, 0.1) is 5.92 Å². The van der Waals surface area contributed by atoms with Crippen molar-refractivity contribution in [1.29, 1.82) is 0 Å². The van der Waals surface area contributed by atoms with Gasteiger partial charge >= 0.3 is 0 Å². The van der Waals surface area contributed by atoms with Crippen molar-refractivity contribution in [3.63, 3.8) is 0 Å². The van der Waals surface area contributed by atoms with Crippen molar-refractivity contribution in [3.05, 3.63) is 35.9 Å². The second-order valence-electron chi connectivity index (χ2n) is 6.57. The molecule has 4 nitrogen and oxygen atoms in total. The highest BCUT2D eigenvalue weighted by Crippen LogP contribution is 2.27. The Labute approximate surface area is 174 Å². The quantitative estimate of drug-likeness (QED) is 0.339. The molecule has 25 heavy (non-hydrogen) atoms. The molecule has 1 aromatic carbocycles. The largest absolute Gasteiger partial charge is 0.376 e. The fraction of sp³-hybridized carbons (Fsp3) is 0.632. The average molecular weight is 477 g/mol. The third kappa shape index (κ3) is 8.64. The van der Waals surface area contributed by atoms with E-state index >= 15 is 0 Å². The summed E-state index contributed by atoms with van der Waals surface area (Å²) in [6.07, 6.45) is 5.98. The predicted octanol–water partition coefficient (Wildman–Crippen LogP) is 3.91. The van der Waals surface area contributed by atoms with Crippen LogP contribution < -0.4 is 10.6 Å². The molecule has 2 rings (SSSR count). The first-order valence-electron chi connectivity index (χ1n) is 8.83. The number of thioether (sulfide) groups is 1. The van der Waals surface area contributed by atoms with Crippen molar-refractivity contribution in [2.75, 3.05) is 26.5 Å². The third-order valence-corrected chi connectivity index (χ3v) is 5.51. The monoisotopic (exact) mass is 477 g/mol. The lowest BCUT2D eigenvalue weighted by Crippen LogP contribution is -2.44. The smallest absolute Gasteiger partial charge is 0.191 e. The SMILES string of the molecule is CN=C(NCC(C)COCc1ccccc1)NC1CCC(SC)C1.I. The topological polar surface area (TPSA) is 45.7 Å². The highest BCUT2D eigenvalue weighted by atomic mass is 127. The van der Waals surface area contributed by atoms with E-state index in [-0.39, 0.29) is 24.0 Å². The normalized spacial score (nSPS) is 21.5. The molecule has 0 heterocycles. The Kier molecular flexibility index (Phi) is 11.6. The molecule has 3 atom stereocenters. The Morgan fingerprint density at radius 1 is 1.32 bits per heavy atom. The maximum atomic E-state index is 5.81. The number of rotatable bonds is 8. The number of nitrogens with one attached hydrogen (secondary N) is 2. The van der Waals surface area contributed by atoms with Crippen molar-refractivity contribution in [1.82, 2.24) is 10.6 Å². The van der Waals surface area contributed by atoms with Gasteiger partial charge < -0.3 is 15.4 Å². The molecule has 0 aliphatic heterocycles. The summed E-state index contributed by atoms with van der Waals surface area (Å²) in [4.78, 5) is 4.35. The number of benzene rings is 1. The van der Waals surface area contributed by atoms with E-state index in [9.17, 15) is 0 Å². The second kappa shape index (κ2) is 12.8. The summed E-state index contributed by atoms with van der Waals surface area (Å²) < 4.78 is 5.81. The first-order valence-corrected chi connectivity index (χ1v) is 10.1. The standard InChI is InChI=1S/C19H31N3OS.HI/c1-15(13-23-14-16-7-5-4-6-8-16)12-21-19(20-2)22-17-9-10-18(11-17)24-3;/h4-8,15,17-18H,9-14H2,1-3H3,(H2,20,21,22);1H. The van der Waals surface area contributed by atoms with E-state index in [4.69, 9.17) is 4.74 Å². The molecule has 1 aliphatic rings. The molecule has 0 bridgehead atoms. The van der Waals surface area contributed by atoms with Gasteiger partial charge in [-0.15, -0.1) is 24.0 Å². The predicted molar refractivity (Wildman–Crippen MR) is 120 cm³/mol. The number of halogens is 1. The van der Waals surface area contributed by atoms with Gasteiger partial charge in [-0.1, -0.05) is 37.3 Å². The first kappa shape index (κ1) is 22.6. The molecule has 0 spiro atoms. The summed E-state index contributed by atoms with van der Waals surface area (Å²) >= 11 is 1.98. The fourth-order valence-electron chi connectivity index (χ4n) is 2.96. The molecule has 6 heteroatoms. The fourth-order valence-corrected chi connectivity index (χ4v) is 3.75. The van der Waals surface area contributed by atoms with E-state index in [1.54, 1.807) is 0 Å². The van der Waals surface area contributed by atoms with Crippen LogP contribution in [0.1, 0.15) is 31.7 Å². The molecule has 1 saturated carbocycles. The van der Waals surface area contributed by atoms with Crippen LogP contribution in [0.5, 0.6) is 0 Å². The lowest BCUT2D eigenvalue weighted by molar-refractivity contribution is 0.0931. The molecule has 0 aromatic heterocycles. The number of ether oxygens (including phenoxy) is 1. The Morgan fingerprint density at radius 3 is 2.72 bits per heavy atom. The van der Waals surface area contributed by atoms with Crippen LogP contribution in [-0.2, 0) is 11.3 Å². The lowest BCUT2D eigenvalue weighted by Gasteiger charge is -2.19. The molecular weight excluding hydrogens is 445 g/mol. The number of hydrogen-bond acceptors (Lipinski definition) is 3. The van der Waals surface area contributed by atoms with Gasteiger partial charge in [0, 0.05) is 24.9 Å². The summed E-state index contributed by atoms with van der Waals surface area (Å²) in [6.45, 7) is 4.49. The summed E-state index contributed by atoms with van der Waals surface area (Å²) in [5.74, 6) is 1.35. The van der Waals surface area contributed by atoms with E-state index < -0.39 is 0 Å². The van der Waals surface area contributed by atoms with Gasteiger partial charge in [0.25, 0.3) is 0 Å². The zero-order valence-corrected chi connectivity index (χ0v) is 18.7. The van der Waals surface area contributed by atoms with Crippen LogP contribution in [0.15, 0.2) is 35.3 Å². The molecule has 0 radical (unpaired) electrons. The molecule has 142 valence electrons. The molecule has 2 N–H and O–H groups in total. The van der Waals surface area contributed by atoms with Crippen LogP contribution in [0.4, 0.5) is 0 Å². The van der Waals surface area contributed by atoms with Gasteiger partial charge in [-0.05, 0) is 37.0 Å². The summed E-state index contributed by atoms with van der Waals surface area (Å²) in [7, 11) is 1.84. The summed E-state index contributed by atoms with van der Waals surface area (Å²) in [6, 6.07) is 10.9. The second-order valence-corrected chi connectivity index (χ2v) is 7.71. The Balaban J connectivity index is 0.00000312. The van der Waals surface area contributed by atoms with Crippen molar-refractivity contribution in [2.24, 2.45) is 10.9 Å². The number of aliphatic imine (C=N–C) groups is 1. The number of nitrogens with zero attached hydrogens (tertiary/aromatic N) is 1. The lowest BCUT2D eigenvalue weighted by atomic mass is 10.2. The van der Waals surface area contributed by atoms with E-state index in [2.05, 4.69) is 40.9 Å². The molecule has 0 saturated heterocycles. The molecular formula is C19H32IN3OS. The minimum atomic E-state index is 0. The Morgan fingerprint density at radius 2 is 2.08 bits per heavy atom. The number of hydrogen-bond donors (Lipinski definition) is 2. The van der Waals surface area contributed by atoms with E-state index in [0.717, 1.165) is 24.4 Å². The van der Waals surface area contributed by atoms with Gasteiger partial charge in [0.2, 0.25) is 0 Å². The third-order valence-electron chi connectivity index (χ3n) is 4.41. The van der Waals surface area contributed by atoms with Crippen LogP contribution >= 0.6 is 35.7 Å². The van der Waals surface area contributed by atoms with Gasteiger partial charge in [0.05, 0.1) is 13.2 Å².